The predicted molar refractivity (Wildman–Crippen MR) is 336 cm³/mol. The molecule has 14 rings (SSSR count). The van der Waals surface area contributed by atoms with Crippen molar-refractivity contribution in [1.82, 2.24) is 0 Å². The average Bonchev–Trinajstić information content (AvgIpc) is 1.53. The van der Waals surface area contributed by atoms with E-state index in [1.165, 1.54) is 0 Å². The van der Waals surface area contributed by atoms with Gasteiger partial charge < -0.3 is 9.80 Å². The van der Waals surface area contributed by atoms with Crippen molar-refractivity contribution in [1.29, 1.82) is 0 Å². The number of para-hydroxylation sites is 2. The molecule has 0 saturated heterocycles. The third-order valence-electron chi connectivity index (χ3n) is 17.2. The molecule has 0 saturated carbocycles. The zero-order valence-corrected chi connectivity index (χ0v) is 46.1. The predicted octanol–water partition coefficient (Wildman–Crippen LogP) is 21.1. The molecule has 0 aliphatic heterocycles. The molecule has 0 N–H and O–H groups in total. The fourth-order valence-electron chi connectivity index (χ4n) is 13.3. The smallest absolute Gasteiger partial charge is 0.161 e. The fraction of sp³-hybridized carbons (Fsp3) is 0.0256. The molecule has 0 amide bonds. The van der Waals surface area contributed by atoms with Crippen LogP contribution in [0.15, 0.2) is 280 Å². The molecule has 12 aromatic carbocycles. The van der Waals surface area contributed by atoms with Crippen LogP contribution in [-0.2, 0) is 10.8 Å². The Hall–Kier alpha value is -10.7. The highest BCUT2D eigenvalue weighted by atomic mass is 19.2. The molecule has 0 bridgehead atoms. The molecule has 0 fully saturated rings. The van der Waals surface area contributed by atoms with Gasteiger partial charge in [-0.15, -0.1) is 0 Å². The van der Waals surface area contributed by atoms with Crippen LogP contribution in [0.25, 0.3) is 45.5 Å². The lowest BCUT2D eigenvalue weighted by atomic mass is 9.67. The van der Waals surface area contributed by atoms with Crippen molar-refractivity contribution in [3.05, 3.63) is 371 Å². The molecule has 2 atom stereocenters. The van der Waals surface area contributed by atoms with Crippen LogP contribution in [0, 0.1) is 34.9 Å². The number of nitrogens with zero attached hydrogens (tertiary/aromatic N) is 2. The maximum atomic E-state index is 16.7. The zero-order valence-electron chi connectivity index (χ0n) is 46.1. The van der Waals surface area contributed by atoms with Gasteiger partial charge in [0, 0.05) is 57.4 Å². The van der Waals surface area contributed by atoms with Crippen LogP contribution in [0.5, 0.6) is 0 Å². The second kappa shape index (κ2) is 21.2. The maximum Gasteiger partial charge on any atom is 0.161 e. The number of anilines is 6. The van der Waals surface area contributed by atoms with Crippen molar-refractivity contribution in [2.24, 2.45) is 0 Å². The molecule has 12 aromatic rings. The molecule has 2 aliphatic rings. The average molecular weight is 1130 g/mol. The van der Waals surface area contributed by atoms with Gasteiger partial charge in [0.05, 0.1) is 10.8 Å². The Bertz CT molecular complexity index is 4330. The van der Waals surface area contributed by atoms with E-state index in [2.05, 4.69) is 71.5 Å². The van der Waals surface area contributed by atoms with E-state index in [9.17, 15) is 8.78 Å². The van der Waals surface area contributed by atoms with E-state index >= 15 is 17.6 Å². The van der Waals surface area contributed by atoms with E-state index in [1.54, 1.807) is 12.2 Å². The molecule has 414 valence electrons. The lowest BCUT2D eigenvalue weighted by Crippen LogP contribution is -2.30. The van der Waals surface area contributed by atoms with Gasteiger partial charge >= 0.3 is 0 Å². The molecule has 86 heavy (non-hydrogen) atoms. The summed E-state index contributed by atoms with van der Waals surface area (Å²) in [7, 11) is 0. The van der Waals surface area contributed by atoms with Crippen LogP contribution in [0.4, 0.5) is 60.5 Å². The number of fused-ring (bicyclic) bond motifs is 6. The van der Waals surface area contributed by atoms with Crippen molar-refractivity contribution in [2.75, 3.05) is 9.80 Å². The summed E-state index contributed by atoms with van der Waals surface area (Å²) in [6, 6.07) is 82.4. The highest BCUT2D eigenvalue weighted by molar-refractivity contribution is 5.92. The molecule has 0 radical (unpaired) electrons. The molecule has 0 spiro atoms. The lowest BCUT2D eigenvalue weighted by Gasteiger charge is -2.35. The first-order valence-electron chi connectivity index (χ1n) is 28.2. The van der Waals surface area contributed by atoms with Gasteiger partial charge in [-0.25, -0.2) is 26.3 Å². The van der Waals surface area contributed by atoms with Gasteiger partial charge in [-0.05, 0) is 163 Å². The van der Waals surface area contributed by atoms with Gasteiger partial charge in [0.1, 0.15) is 11.6 Å². The molecule has 0 aromatic heterocycles. The van der Waals surface area contributed by atoms with Crippen LogP contribution in [0.2, 0.25) is 0 Å². The van der Waals surface area contributed by atoms with Crippen LogP contribution in [0.3, 0.4) is 0 Å². The van der Waals surface area contributed by atoms with Crippen molar-refractivity contribution in [2.45, 2.75) is 10.8 Å². The molecule has 8 heteroatoms. The summed E-state index contributed by atoms with van der Waals surface area (Å²) in [5.41, 5.74) is 13.2. The summed E-state index contributed by atoms with van der Waals surface area (Å²) >= 11 is 0. The Morgan fingerprint density at radius 2 is 0.570 bits per heavy atom. The maximum absolute atomic E-state index is 16.7. The van der Waals surface area contributed by atoms with Gasteiger partial charge in [-0.2, -0.15) is 0 Å². The van der Waals surface area contributed by atoms with Crippen LogP contribution < -0.4 is 9.80 Å². The number of benzene rings is 12. The van der Waals surface area contributed by atoms with Crippen molar-refractivity contribution >= 4 is 46.3 Å². The van der Waals surface area contributed by atoms with E-state index in [0.717, 1.165) is 102 Å². The molecule has 2 nitrogen and oxygen atoms in total. The SMILES string of the molecule is C=Cc1ccc(C2(c3cc(F)c(F)cc3F)c3ccccc3-c3ccc(N(c4ccccc4)c4ccc(-c5ccc(N(c6ccccc6)c6ccc7c(c6)C(c6ccc(C=C)cc6)(c6cc(F)c(F)cc6F)c6ccccc6-7)cc5)cc4)cc32)cc1. The third-order valence-corrected chi connectivity index (χ3v) is 17.2. The fourth-order valence-corrected chi connectivity index (χ4v) is 13.3. The van der Waals surface area contributed by atoms with Crippen molar-refractivity contribution < 1.29 is 26.3 Å². The van der Waals surface area contributed by atoms with Gasteiger partial charge in [-0.1, -0.05) is 195 Å². The molecular formula is C78H50F6N2. The Kier molecular flexibility index (Phi) is 13.1. The monoisotopic (exact) mass is 1130 g/mol. The topological polar surface area (TPSA) is 6.48 Å². The minimum atomic E-state index is -1.39. The van der Waals surface area contributed by atoms with Crippen molar-refractivity contribution in [3.63, 3.8) is 0 Å². The normalized spacial score (nSPS) is 15.3. The van der Waals surface area contributed by atoms with E-state index in [4.69, 9.17) is 0 Å². The minimum Gasteiger partial charge on any atom is -0.310 e. The number of rotatable bonds is 13. The Balaban J connectivity index is 0.863. The summed E-state index contributed by atoms with van der Waals surface area (Å²) in [5.74, 6) is -6.59. The van der Waals surface area contributed by atoms with Gasteiger partial charge in [-0.3, -0.25) is 0 Å². The van der Waals surface area contributed by atoms with E-state index in [-0.39, 0.29) is 11.1 Å². The van der Waals surface area contributed by atoms with Crippen LogP contribution in [-0.4, -0.2) is 0 Å². The minimum absolute atomic E-state index is 0.0120. The van der Waals surface area contributed by atoms with Gasteiger partial charge in [0.15, 0.2) is 23.3 Å². The van der Waals surface area contributed by atoms with E-state index in [0.29, 0.717) is 34.4 Å². The summed E-state index contributed by atoms with van der Waals surface area (Å²) in [6.07, 6.45) is 3.45. The summed E-state index contributed by atoms with van der Waals surface area (Å²) in [5, 5.41) is 0. The second-order valence-corrected chi connectivity index (χ2v) is 21.6. The largest absolute Gasteiger partial charge is 0.310 e. The summed E-state index contributed by atoms with van der Waals surface area (Å²) < 4.78 is 94.5. The molecule has 0 heterocycles. The standard InChI is InChI=1S/C78H50F6N2/c1-3-49-23-31-53(32-24-49)77(69-45-73(81)75(83)47-71(69)79)65-21-13-11-19-61(65)63-41-39-59(43-67(63)77)85(55-15-7-5-8-16-55)57-35-27-51(28-36-57)52-29-37-58(38-30-52)86(56-17-9-6-10-18-56)60-40-42-64-62-20-12-14-22-66(62)78(68(64)44-60,54-33-25-50(4-2)26-34-54)70-46-74(82)76(84)48-72(70)80/h3-48H,1-2H2. The Morgan fingerprint density at radius 1 is 0.256 bits per heavy atom. The first kappa shape index (κ1) is 53.3. The summed E-state index contributed by atoms with van der Waals surface area (Å²) in [6.45, 7) is 7.88. The molecule has 2 unspecified atom stereocenters. The van der Waals surface area contributed by atoms with Gasteiger partial charge in [0.2, 0.25) is 0 Å². The van der Waals surface area contributed by atoms with Crippen LogP contribution in [0.1, 0.15) is 55.6 Å². The van der Waals surface area contributed by atoms with E-state index in [1.807, 2.05) is 194 Å². The number of halogens is 6. The van der Waals surface area contributed by atoms with Crippen LogP contribution >= 0.6 is 0 Å². The molecular weight excluding hydrogens is 1080 g/mol. The highest BCUT2D eigenvalue weighted by Crippen LogP contribution is 2.60. The third kappa shape index (κ3) is 8.42. The van der Waals surface area contributed by atoms with Gasteiger partial charge in [0.25, 0.3) is 0 Å². The summed E-state index contributed by atoms with van der Waals surface area (Å²) in [4.78, 5) is 4.25. The van der Waals surface area contributed by atoms with E-state index < -0.39 is 45.7 Å². The quantitative estimate of drug-likeness (QED) is 0.0839. The van der Waals surface area contributed by atoms with Crippen molar-refractivity contribution in [3.8, 4) is 33.4 Å². The lowest BCUT2D eigenvalue weighted by molar-refractivity contribution is 0.484. The zero-order chi connectivity index (χ0) is 58.8. The first-order valence-corrected chi connectivity index (χ1v) is 28.2. The first-order chi connectivity index (χ1) is 42.0. The second-order valence-electron chi connectivity index (χ2n) is 21.6. The Labute approximate surface area is 494 Å². The highest BCUT2D eigenvalue weighted by Gasteiger charge is 2.50. The number of hydrogen-bond donors (Lipinski definition) is 0. The molecule has 2 aliphatic carbocycles. The number of hydrogen-bond acceptors (Lipinski definition) is 2. The Morgan fingerprint density at radius 3 is 0.942 bits per heavy atom.